The van der Waals surface area contributed by atoms with Gasteiger partial charge in [-0.3, -0.25) is 4.79 Å². The maximum Gasteiger partial charge on any atom is 0.250 e. The van der Waals surface area contributed by atoms with Gasteiger partial charge in [0.2, 0.25) is 0 Å². The standard InChI is InChI=1S/C15H24N2O/c1-4-16-13(11(2)3)10-17-14-7-5-6-12(14)8-9-15(17)18/h8-9,11,13,16H,4-7,10H2,1-3H3. The second-order valence-corrected chi connectivity index (χ2v) is 5.52. The zero-order valence-electron chi connectivity index (χ0n) is 11.7. The smallest absolute Gasteiger partial charge is 0.250 e. The Kier molecular flexibility index (Phi) is 4.23. The summed E-state index contributed by atoms with van der Waals surface area (Å²) >= 11 is 0. The van der Waals surface area contributed by atoms with Gasteiger partial charge >= 0.3 is 0 Å². The zero-order chi connectivity index (χ0) is 13.1. The molecule has 1 aromatic heterocycles. The molecule has 100 valence electrons. The Balaban J connectivity index is 2.28. The quantitative estimate of drug-likeness (QED) is 0.864. The van der Waals surface area contributed by atoms with Crippen molar-refractivity contribution in [3.8, 4) is 0 Å². The zero-order valence-corrected chi connectivity index (χ0v) is 11.7. The summed E-state index contributed by atoms with van der Waals surface area (Å²) in [5, 5.41) is 3.49. The van der Waals surface area contributed by atoms with E-state index in [0.29, 0.717) is 12.0 Å². The molecule has 2 rings (SSSR count). The number of likely N-dealkylation sites (N-methyl/N-ethyl adjacent to an activating group) is 1. The van der Waals surface area contributed by atoms with Crippen LogP contribution in [0.25, 0.3) is 0 Å². The first-order valence-corrected chi connectivity index (χ1v) is 7.08. The number of hydrogen-bond acceptors (Lipinski definition) is 2. The minimum absolute atomic E-state index is 0.152. The Hall–Kier alpha value is -1.09. The SMILES string of the molecule is CCNC(Cn1c2c(ccc1=O)CCC2)C(C)C. The summed E-state index contributed by atoms with van der Waals surface area (Å²) in [6, 6.07) is 4.12. The molecule has 1 aliphatic carbocycles. The van der Waals surface area contributed by atoms with Crippen LogP contribution < -0.4 is 10.9 Å². The van der Waals surface area contributed by atoms with Crippen LogP contribution in [-0.4, -0.2) is 17.2 Å². The highest BCUT2D eigenvalue weighted by Gasteiger charge is 2.19. The van der Waals surface area contributed by atoms with Crippen molar-refractivity contribution in [2.45, 2.75) is 52.6 Å². The lowest BCUT2D eigenvalue weighted by molar-refractivity contribution is 0.354. The molecule has 0 spiro atoms. The van der Waals surface area contributed by atoms with Crippen LogP contribution >= 0.6 is 0 Å². The fraction of sp³-hybridized carbons (Fsp3) is 0.667. The first-order valence-electron chi connectivity index (χ1n) is 7.08. The molecule has 1 N–H and O–H groups in total. The van der Waals surface area contributed by atoms with Crippen LogP contribution in [0.3, 0.4) is 0 Å². The van der Waals surface area contributed by atoms with E-state index < -0.39 is 0 Å². The molecule has 3 nitrogen and oxygen atoms in total. The molecule has 1 aliphatic rings. The lowest BCUT2D eigenvalue weighted by atomic mass is 10.0. The van der Waals surface area contributed by atoms with Gasteiger partial charge in [0.05, 0.1) is 0 Å². The topological polar surface area (TPSA) is 34.0 Å². The minimum atomic E-state index is 0.152. The molecule has 0 fully saturated rings. The minimum Gasteiger partial charge on any atom is -0.312 e. The highest BCUT2D eigenvalue weighted by molar-refractivity contribution is 5.25. The number of fused-ring (bicyclic) bond motifs is 1. The van der Waals surface area contributed by atoms with E-state index in [-0.39, 0.29) is 5.56 Å². The van der Waals surface area contributed by atoms with Gasteiger partial charge in [0, 0.05) is 24.3 Å². The third kappa shape index (κ3) is 2.66. The van der Waals surface area contributed by atoms with Crippen LogP contribution in [0.2, 0.25) is 0 Å². The van der Waals surface area contributed by atoms with Crippen molar-refractivity contribution in [1.29, 1.82) is 0 Å². The fourth-order valence-corrected chi connectivity index (χ4v) is 2.80. The molecule has 0 aromatic carbocycles. The van der Waals surface area contributed by atoms with Crippen LogP contribution in [0.5, 0.6) is 0 Å². The van der Waals surface area contributed by atoms with Gasteiger partial charge in [0.15, 0.2) is 0 Å². The number of aromatic nitrogens is 1. The number of pyridine rings is 1. The second-order valence-electron chi connectivity index (χ2n) is 5.52. The maximum atomic E-state index is 12.1. The summed E-state index contributed by atoms with van der Waals surface area (Å²) in [6.45, 7) is 8.29. The third-order valence-corrected chi connectivity index (χ3v) is 3.90. The second kappa shape index (κ2) is 5.70. The molecular weight excluding hydrogens is 224 g/mol. The summed E-state index contributed by atoms with van der Waals surface area (Å²) in [6.07, 6.45) is 3.37. The largest absolute Gasteiger partial charge is 0.312 e. The van der Waals surface area contributed by atoms with Gasteiger partial charge in [-0.2, -0.15) is 0 Å². The molecule has 0 radical (unpaired) electrons. The summed E-state index contributed by atoms with van der Waals surface area (Å²) in [7, 11) is 0. The third-order valence-electron chi connectivity index (χ3n) is 3.90. The number of aryl methyl sites for hydroxylation is 1. The van der Waals surface area contributed by atoms with Gasteiger partial charge < -0.3 is 9.88 Å². The van der Waals surface area contributed by atoms with Crippen molar-refractivity contribution in [2.24, 2.45) is 5.92 Å². The molecule has 1 aromatic rings. The van der Waals surface area contributed by atoms with E-state index in [1.807, 2.05) is 10.6 Å². The monoisotopic (exact) mass is 248 g/mol. The van der Waals surface area contributed by atoms with Gasteiger partial charge in [-0.25, -0.2) is 0 Å². The van der Waals surface area contributed by atoms with Crippen LogP contribution in [0.4, 0.5) is 0 Å². The molecule has 0 aliphatic heterocycles. The summed E-state index contributed by atoms with van der Waals surface area (Å²) < 4.78 is 2.00. The van der Waals surface area contributed by atoms with Crippen molar-refractivity contribution < 1.29 is 0 Å². The molecule has 1 heterocycles. The maximum absolute atomic E-state index is 12.1. The number of hydrogen-bond donors (Lipinski definition) is 1. The molecular formula is C15H24N2O. The van der Waals surface area contributed by atoms with Crippen molar-refractivity contribution in [3.63, 3.8) is 0 Å². The predicted molar refractivity (Wildman–Crippen MR) is 75.0 cm³/mol. The summed E-state index contributed by atoms with van der Waals surface area (Å²) in [4.78, 5) is 12.1. The highest BCUT2D eigenvalue weighted by Crippen LogP contribution is 2.20. The fourth-order valence-electron chi connectivity index (χ4n) is 2.80. The van der Waals surface area contributed by atoms with Crippen LogP contribution in [0, 0.1) is 5.92 Å². The predicted octanol–water partition coefficient (Wildman–Crippen LogP) is 1.97. The Morgan fingerprint density at radius 2 is 2.11 bits per heavy atom. The van der Waals surface area contributed by atoms with E-state index in [2.05, 4.69) is 26.1 Å². The first-order chi connectivity index (χ1) is 8.63. The lowest BCUT2D eigenvalue weighted by Gasteiger charge is -2.24. The van der Waals surface area contributed by atoms with Crippen LogP contribution in [0.15, 0.2) is 16.9 Å². The average molecular weight is 248 g/mol. The highest BCUT2D eigenvalue weighted by atomic mass is 16.1. The molecule has 0 saturated heterocycles. The van der Waals surface area contributed by atoms with Gasteiger partial charge in [0.25, 0.3) is 5.56 Å². The van der Waals surface area contributed by atoms with Crippen molar-refractivity contribution in [1.82, 2.24) is 9.88 Å². The Labute approximate surface area is 109 Å². The average Bonchev–Trinajstić information content (AvgIpc) is 2.79. The molecule has 1 unspecified atom stereocenters. The van der Waals surface area contributed by atoms with E-state index in [1.165, 1.54) is 17.7 Å². The normalized spacial score (nSPS) is 16.0. The van der Waals surface area contributed by atoms with Gasteiger partial charge in [-0.15, -0.1) is 0 Å². The van der Waals surface area contributed by atoms with Crippen LogP contribution in [-0.2, 0) is 19.4 Å². The van der Waals surface area contributed by atoms with E-state index >= 15 is 0 Å². The molecule has 0 bridgehead atoms. The van der Waals surface area contributed by atoms with E-state index in [0.717, 1.165) is 25.9 Å². The van der Waals surface area contributed by atoms with Gasteiger partial charge in [-0.1, -0.05) is 26.8 Å². The van der Waals surface area contributed by atoms with Crippen molar-refractivity contribution in [2.75, 3.05) is 6.54 Å². The number of nitrogens with one attached hydrogen (secondary N) is 1. The van der Waals surface area contributed by atoms with Crippen molar-refractivity contribution >= 4 is 0 Å². The summed E-state index contributed by atoms with van der Waals surface area (Å²) in [5.74, 6) is 0.536. The van der Waals surface area contributed by atoms with Gasteiger partial charge in [-0.05, 0) is 37.3 Å². The van der Waals surface area contributed by atoms with Crippen molar-refractivity contribution in [3.05, 3.63) is 33.7 Å². The Bertz CT molecular complexity index is 462. The van der Waals surface area contributed by atoms with E-state index in [9.17, 15) is 4.79 Å². The molecule has 18 heavy (non-hydrogen) atoms. The van der Waals surface area contributed by atoms with Gasteiger partial charge in [0.1, 0.15) is 0 Å². The number of rotatable bonds is 5. The lowest BCUT2D eigenvalue weighted by Crippen LogP contribution is -2.40. The first kappa shape index (κ1) is 13.3. The molecule has 1 atom stereocenters. The Morgan fingerprint density at radius 1 is 1.33 bits per heavy atom. The number of nitrogens with zero attached hydrogens (tertiary/aromatic N) is 1. The van der Waals surface area contributed by atoms with E-state index in [4.69, 9.17) is 0 Å². The van der Waals surface area contributed by atoms with E-state index in [1.54, 1.807) is 6.07 Å². The molecule has 0 amide bonds. The Morgan fingerprint density at radius 3 is 2.78 bits per heavy atom. The molecule has 3 heteroatoms. The molecule has 0 saturated carbocycles. The summed E-state index contributed by atoms with van der Waals surface area (Å²) in [5.41, 5.74) is 2.79. The van der Waals surface area contributed by atoms with Crippen LogP contribution in [0.1, 0.15) is 38.4 Å².